The van der Waals surface area contributed by atoms with E-state index in [1.165, 1.54) is 11.1 Å². The number of carboxylic acid groups (broad SMARTS) is 1. The summed E-state index contributed by atoms with van der Waals surface area (Å²) in [6.07, 6.45) is 1.02. The summed E-state index contributed by atoms with van der Waals surface area (Å²) in [6.45, 7) is 4.08. The van der Waals surface area contributed by atoms with Crippen LogP contribution in [0.3, 0.4) is 0 Å². The summed E-state index contributed by atoms with van der Waals surface area (Å²) in [6, 6.07) is 16.3. The number of rotatable bonds is 9. The van der Waals surface area contributed by atoms with Crippen LogP contribution in [0.15, 0.2) is 48.5 Å². The maximum Gasteiger partial charge on any atom is 0.407 e. The lowest BCUT2D eigenvalue weighted by molar-refractivity contribution is -0.139. The Hall–Kier alpha value is -3.35. The van der Waals surface area contributed by atoms with E-state index in [2.05, 4.69) is 34.9 Å². The monoisotopic (exact) mass is 450 g/mol. The molecule has 33 heavy (non-hydrogen) atoms. The number of fused-ring (bicyclic) bond motifs is 3. The molecule has 174 valence electrons. The Bertz CT molecular complexity index is 1030. The van der Waals surface area contributed by atoms with Crippen LogP contribution < -0.4 is 10.6 Å². The summed E-state index contributed by atoms with van der Waals surface area (Å²) in [5, 5.41) is 14.7. The fraction of sp³-hybridized carbons (Fsp3) is 0.423. The first-order chi connectivity index (χ1) is 15.7. The van der Waals surface area contributed by atoms with Crippen LogP contribution in [-0.4, -0.2) is 41.8 Å². The van der Waals surface area contributed by atoms with Crippen molar-refractivity contribution in [2.75, 3.05) is 13.2 Å². The van der Waals surface area contributed by atoms with Gasteiger partial charge in [-0.3, -0.25) is 9.59 Å². The first kappa shape index (κ1) is 22.8. The average Bonchev–Trinajstić information content (AvgIpc) is 3.42. The maximum atomic E-state index is 12.6. The van der Waals surface area contributed by atoms with E-state index in [0.717, 1.165) is 11.1 Å². The first-order valence-corrected chi connectivity index (χ1v) is 11.3. The molecule has 2 amide bonds. The molecule has 0 aromatic heterocycles. The van der Waals surface area contributed by atoms with Crippen LogP contribution in [0.1, 0.15) is 56.6 Å². The molecule has 2 aromatic carbocycles. The molecule has 2 aliphatic carbocycles. The van der Waals surface area contributed by atoms with Gasteiger partial charge in [0.05, 0.1) is 12.0 Å². The third kappa shape index (κ3) is 5.35. The quantitative estimate of drug-likeness (QED) is 0.534. The highest BCUT2D eigenvalue weighted by atomic mass is 16.5. The van der Waals surface area contributed by atoms with Crippen molar-refractivity contribution in [1.29, 1.82) is 0 Å². The highest BCUT2D eigenvalue weighted by molar-refractivity contribution is 5.80. The molecule has 4 rings (SSSR count). The highest BCUT2D eigenvalue weighted by Gasteiger charge is 2.46. The smallest absolute Gasteiger partial charge is 0.407 e. The molecule has 1 fully saturated rings. The number of hydrogen-bond donors (Lipinski definition) is 3. The summed E-state index contributed by atoms with van der Waals surface area (Å²) in [5.74, 6) is -1.12. The zero-order chi connectivity index (χ0) is 23.6. The summed E-state index contributed by atoms with van der Waals surface area (Å²) >= 11 is 0. The molecule has 1 saturated carbocycles. The predicted octanol–water partition coefficient (Wildman–Crippen LogP) is 4.06. The van der Waals surface area contributed by atoms with E-state index < -0.39 is 23.0 Å². The number of aliphatic carboxylic acids is 1. The Morgan fingerprint density at radius 1 is 1.03 bits per heavy atom. The Morgan fingerprint density at radius 2 is 1.61 bits per heavy atom. The molecular formula is C26H30N2O5. The van der Waals surface area contributed by atoms with E-state index in [9.17, 15) is 14.4 Å². The zero-order valence-electron chi connectivity index (χ0n) is 19.0. The SMILES string of the molecule is CC(C)(CNC(=O)CC1(NC(=O)OCC2c3ccccc3-c3ccccc32)CC1)CC(=O)O. The molecule has 0 spiro atoms. The minimum Gasteiger partial charge on any atom is -0.481 e. The van der Waals surface area contributed by atoms with Gasteiger partial charge in [0.2, 0.25) is 5.91 Å². The Labute approximate surface area is 193 Å². The van der Waals surface area contributed by atoms with E-state index in [1.807, 2.05) is 24.3 Å². The molecule has 7 nitrogen and oxygen atoms in total. The van der Waals surface area contributed by atoms with E-state index in [0.29, 0.717) is 12.8 Å². The van der Waals surface area contributed by atoms with Crippen LogP contribution >= 0.6 is 0 Å². The molecule has 3 N–H and O–H groups in total. The molecule has 0 radical (unpaired) electrons. The highest BCUT2D eigenvalue weighted by Crippen LogP contribution is 2.44. The van der Waals surface area contributed by atoms with E-state index >= 15 is 0 Å². The molecule has 7 heteroatoms. The Balaban J connectivity index is 1.30. The molecule has 0 unspecified atom stereocenters. The second-order valence-electron chi connectivity index (χ2n) is 9.92. The molecule has 0 saturated heterocycles. The number of amides is 2. The maximum absolute atomic E-state index is 12.6. The van der Waals surface area contributed by atoms with Crippen LogP contribution in [0.4, 0.5) is 4.79 Å². The number of carboxylic acids is 1. The minimum atomic E-state index is -0.898. The van der Waals surface area contributed by atoms with Crippen molar-refractivity contribution in [1.82, 2.24) is 10.6 Å². The van der Waals surface area contributed by atoms with Crippen LogP contribution in [0.5, 0.6) is 0 Å². The Kier molecular flexibility index (Phi) is 6.15. The molecule has 2 aliphatic rings. The van der Waals surface area contributed by atoms with E-state index in [-0.39, 0.29) is 37.8 Å². The second-order valence-corrected chi connectivity index (χ2v) is 9.92. The van der Waals surface area contributed by atoms with Gasteiger partial charge < -0.3 is 20.5 Å². The predicted molar refractivity (Wildman–Crippen MR) is 124 cm³/mol. The van der Waals surface area contributed by atoms with Crippen molar-refractivity contribution in [3.63, 3.8) is 0 Å². The van der Waals surface area contributed by atoms with Crippen LogP contribution in [-0.2, 0) is 14.3 Å². The largest absolute Gasteiger partial charge is 0.481 e. The fourth-order valence-electron chi connectivity index (χ4n) is 4.53. The summed E-state index contributed by atoms with van der Waals surface area (Å²) in [5.41, 5.74) is 3.51. The van der Waals surface area contributed by atoms with Gasteiger partial charge in [-0.2, -0.15) is 0 Å². The summed E-state index contributed by atoms with van der Waals surface area (Å²) in [7, 11) is 0. The van der Waals surface area contributed by atoms with Gasteiger partial charge in [0.1, 0.15) is 6.61 Å². The first-order valence-electron chi connectivity index (χ1n) is 11.3. The third-order valence-electron chi connectivity index (χ3n) is 6.46. The summed E-state index contributed by atoms with van der Waals surface area (Å²) in [4.78, 5) is 35.9. The van der Waals surface area contributed by atoms with Crippen LogP contribution in [0.2, 0.25) is 0 Å². The topological polar surface area (TPSA) is 105 Å². The number of carbonyl (C=O) groups is 3. The number of carbonyl (C=O) groups excluding carboxylic acids is 2. The van der Waals surface area contributed by atoms with Crippen molar-refractivity contribution in [2.24, 2.45) is 5.41 Å². The van der Waals surface area contributed by atoms with Crippen molar-refractivity contribution < 1.29 is 24.2 Å². The van der Waals surface area contributed by atoms with Gasteiger partial charge in [-0.15, -0.1) is 0 Å². The molecule has 0 atom stereocenters. The van der Waals surface area contributed by atoms with Gasteiger partial charge in [0, 0.05) is 18.9 Å². The number of ether oxygens (including phenoxy) is 1. The Morgan fingerprint density at radius 3 is 2.15 bits per heavy atom. The van der Waals surface area contributed by atoms with Gasteiger partial charge in [0.25, 0.3) is 0 Å². The van der Waals surface area contributed by atoms with Crippen molar-refractivity contribution >= 4 is 18.0 Å². The average molecular weight is 451 g/mol. The number of alkyl carbamates (subject to hydrolysis) is 1. The third-order valence-corrected chi connectivity index (χ3v) is 6.46. The number of nitrogens with one attached hydrogen (secondary N) is 2. The van der Waals surface area contributed by atoms with Gasteiger partial charge in [-0.25, -0.2) is 4.79 Å². The molecule has 0 heterocycles. The van der Waals surface area contributed by atoms with E-state index in [4.69, 9.17) is 9.84 Å². The van der Waals surface area contributed by atoms with Crippen LogP contribution in [0.25, 0.3) is 11.1 Å². The fourth-order valence-corrected chi connectivity index (χ4v) is 4.53. The lowest BCUT2D eigenvalue weighted by Crippen LogP contribution is -2.43. The van der Waals surface area contributed by atoms with Gasteiger partial charge >= 0.3 is 12.1 Å². The number of hydrogen-bond acceptors (Lipinski definition) is 4. The normalized spacial score (nSPS) is 15.8. The standard InChI is InChI=1S/C26H30N2O5/c1-25(2,14-23(30)31)16-27-22(29)13-26(11-12-26)28-24(32)33-15-21-19-9-5-3-7-17(19)18-8-4-6-10-20(18)21/h3-10,21H,11-16H2,1-2H3,(H,27,29)(H,28,32)(H,30,31). The second kappa shape index (κ2) is 8.89. The van der Waals surface area contributed by atoms with E-state index in [1.54, 1.807) is 13.8 Å². The van der Waals surface area contributed by atoms with Gasteiger partial charge in [-0.1, -0.05) is 62.4 Å². The minimum absolute atomic E-state index is 0.0157. The lowest BCUT2D eigenvalue weighted by Gasteiger charge is -2.24. The van der Waals surface area contributed by atoms with Crippen molar-refractivity contribution in [2.45, 2.75) is 51.0 Å². The van der Waals surface area contributed by atoms with Crippen LogP contribution in [0, 0.1) is 5.41 Å². The molecule has 2 aromatic rings. The lowest BCUT2D eigenvalue weighted by atomic mass is 9.89. The van der Waals surface area contributed by atoms with Crippen molar-refractivity contribution in [3.8, 4) is 11.1 Å². The van der Waals surface area contributed by atoms with Gasteiger partial charge in [-0.05, 0) is 40.5 Å². The molecule has 0 aliphatic heterocycles. The van der Waals surface area contributed by atoms with Crippen molar-refractivity contribution in [3.05, 3.63) is 59.7 Å². The zero-order valence-corrected chi connectivity index (χ0v) is 19.0. The number of benzene rings is 2. The molecule has 0 bridgehead atoms. The summed E-state index contributed by atoms with van der Waals surface area (Å²) < 4.78 is 5.61. The van der Waals surface area contributed by atoms with Gasteiger partial charge in [0.15, 0.2) is 0 Å². The molecular weight excluding hydrogens is 420 g/mol.